The third-order valence-corrected chi connectivity index (χ3v) is 2.63. The SMILES string of the molecule is N#CCN(CC#N)C(=O)c1csc(CN)n1. The number of nitriles is 2. The Labute approximate surface area is 96.5 Å². The van der Waals surface area contributed by atoms with Crippen LogP contribution in [0.4, 0.5) is 0 Å². The lowest BCUT2D eigenvalue weighted by molar-refractivity contribution is 0.0789. The van der Waals surface area contributed by atoms with Crippen molar-refractivity contribution in [3.63, 3.8) is 0 Å². The van der Waals surface area contributed by atoms with E-state index in [2.05, 4.69) is 4.98 Å². The van der Waals surface area contributed by atoms with Crippen LogP contribution in [0.2, 0.25) is 0 Å². The molecule has 0 aromatic carbocycles. The highest BCUT2D eigenvalue weighted by atomic mass is 32.1. The Balaban J connectivity index is 2.82. The third kappa shape index (κ3) is 2.76. The number of carbonyl (C=O) groups excluding carboxylic acids is 1. The Morgan fingerprint density at radius 3 is 2.56 bits per heavy atom. The summed E-state index contributed by atoms with van der Waals surface area (Å²) in [5.74, 6) is -0.418. The molecule has 0 atom stereocenters. The van der Waals surface area contributed by atoms with Gasteiger partial charge in [-0.15, -0.1) is 11.3 Å². The zero-order valence-corrected chi connectivity index (χ0v) is 9.20. The smallest absolute Gasteiger partial charge is 0.275 e. The monoisotopic (exact) mass is 235 g/mol. The van der Waals surface area contributed by atoms with Crippen molar-refractivity contribution in [3.05, 3.63) is 16.1 Å². The van der Waals surface area contributed by atoms with Crippen LogP contribution in [0.15, 0.2) is 5.38 Å². The van der Waals surface area contributed by atoms with Crippen molar-refractivity contribution in [2.24, 2.45) is 5.73 Å². The van der Waals surface area contributed by atoms with Crippen molar-refractivity contribution in [2.75, 3.05) is 13.1 Å². The number of hydrogen-bond donors (Lipinski definition) is 1. The average molecular weight is 235 g/mol. The molecule has 16 heavy (non-hydrogen) atoms. The fraction of sp³-hybridized carbons (Fsp3) is 0.333. The molecule has 0 aliphatic heterocycles. The molecule has 1 aromatic rings. The van der Waals surface area contributed by atoms with Crippen molar-refractivity contribution in [1.29, 1.82) is 10.5 Å². The minimum absolute atomic E-state index is 0.123. The van der Waals surface area contributed by atoms with Gasteiger partial charge < -0.3 is 10.6 Å². The Hall–Kier alpha value is -1.96. The summed E-state index contributed by atoms with van der Waals surface area (Å²) in [5, 5.41) is 19.3. The average Bonchev–Trinajstić information content (AvgIpc) is 2.76. The number of thiazole rings is 1. The highest BCUT2D eigenvalue weighted by molar-refractivity contribution is 7.09. The lowest BCUT2D eigenvalue weighted by Crippen LogP contribution is -2.32. The van der Waals surface area contributed by atoms with Gasteiger partial charge in [-0.2, -0.15) is 10.5 Å². The Bertz CT molecular complexity index is 439. The van der Waals surface area contributed by atoms with Crippen molar-refractivity contribution in [3.8, 4) is 12.1 Å². The number of carbonyl (C=O) groups is 1. The van der Waals surface area contributed by atoms with Gasteiger partial charge in [0.15, 0.2) is 0 Å². The Kier molecular flexibility index (Phi) is 4.40. The first-order chi connectivity index (χ1) is 7.72. The molecule has 2 N–H and O–H groups in total. The molecule has 6 nitrogen and oxygen atoms in total. The van der Waals surface area contributed by atoms with Crippen LogP contribution in [0, 0.1) is 22.7 Å². The molecule has 82 valence electrons. The standard InChI is InChI=1S/C9H9N5OS/c10-1-3-14(4-2-11)9(15)7-6-16-8(5-12)13-7/h6H,3-5,12H2. The Morgan fingerprint density at radius 1 is 1.50 bits per heavy atom. The van der Waals surface area contributed by atoms with E-state index in [4.69, 9.17) is 16.3 Å². The molecule has 0 saturated carbocycles. The predicted molar refractivity (Wildman–Crippen MR) is 57.1 cm³/mol. The van der Waals surface area contributed by atoms with Gasteiger partial charge in [0.05, 0.1) is 12.1 Å². The molecule has 7 heteroatoms. The van der Waals surface area contributed by atoms with Crippen LogP contribution in [-0.4, -0.2) is 28.9 Å². The summed E-state index contributed by atoms with van der Waals surface area (Å²) in [4.78, 5) is 16.9. The normalized spacial score (nSPS) is 9.19. The van der Waals surface area contributed by atoms with E-state index in [0.717, 1.165) is 4.90 Å². The predicted octanol–water partition coefficient (Wildman–Crippen LogP) is 0.0912. The molecule has 0 fully saturated rings. The summed E-state index contributed by atoms with van der Waals surface area (Å²) < 4.78 is 0. The highest BCUT2D eigenvalue weighted by Crippen LogP contribution is 2.11. The second-order valence-electron chi connectivity index (χ2n) is 2.81. The summed E-state index contributed by atoms with van der Waals surface area (Å²) >= 11 is 1.28. The van der Waals surface area contributed by atoms with E-state index in [0.29, 0.717) is 5.01 Å². The first-order valence-corrected chi connectivity index (χ1v) is 5.28. The maximum Gasteiger partial charge on any atom is 0.275 e. The molecule has 1 heterocycles. The molecule has 1 amide bonds. The summed E-state index contributed by atoms with van der Waals surface area (Å²) in [7, 11) is 0. The van der Waals surface area contributed by atoms with Gasteiger partial charge in [0, 0.05) is 11.9 Å². The summed E-state index contributed by atoms with van der Waals surface area (Å²) in [5.41, 5.74) is 5.61. The molecule has 0 saturated heterocycles. The largest absolute Gasteiger partial charge is 0.325 e. The summed E-state index contributed by atoms with van der Waals surface area (Å²) in [6, 6.07) is 3.66. The van der Waals surface area contributed by atoms with Gasteiger partial charge in [-0.1, -0.05) is 0 Å². The third-order valence-electron chi connectivity index (χ3n) is 1.76. The van der Waals surface area contributed by atoms with Crippen molar-refractivity contribution >= 4 is 17.2 Å². The number of nitrogens with zero attached hydrogens (tertiary/aromatic N) is 4. The van der Waals surface area contributed by atoms with Crippen molar-refractivity contribution < 1.29 is 4.79 Å². The molecule has 1 rings (SSSR count). The lowest BCUT2D eigenvalue weighted by atomic mass is 10.4. The molecular weight excluding hydrogens is 226 g/mol. The lowest BCUT2D eigenvalue weighted by Gasteiger charge is -2.13. The van der Waals surface area contributed by atoms with Gasteiger partial charge in [-0.25, -0.2) is 4.98 Å². The van der Waals surface area contributed by atoms with Gasteiger partial charge in [-0.05, 0) is 0 Å². The zero-order chi connectivity index (χ0) is 12.0. The summed E-state index contributed by atoms with van der Waals surface area (Å²) in [6.07, 6.45) is 0. The molecule has 0 radical (unpaired) electrons. The van der Waals surface area contributed by atoms with Gasteiger partial charge in [0.2, 0.25) is 0 Å². The molecule has 0 aliphatic carbocycles. The van der Waals surface area contributed by atoms with E-state index in [1.165, 1.54) is 11.3 Å². The maximum absolute atomic E-state index is 11.8. The van der Waals surface area contributed by atoms with Crippen LogP contribution < -0.4 is 5.73 Å². The molecule has 0 aliphatic rings. The second-order valence-corrected chi connectivity index (χ2v) is 3.75. The second kappa shape index (κ2) is 5.81. The van der Waals surface area contributed by atoms with Gasteiger partial charge >= 0.3 is 0 Å². The van der Waals surface area contributed by atoms with E-state index < -0.39 is 5.91 Å². The van der Waals surface area contributed by atoms with Crippen LogP contribution in [0.3, 0.4) is 0 Å². The van der Waals surface area contributed by atoms with Crippen LogP contribution in [0.1, 0.15) is 15.5 Å². The van der Waals surface area contributed by atoms with E-state index >= 15 is 0 Å². The first kappa shape index (κ1) is 12.1. The highest BCUT2D eigenvalue weighted by Gasteiger charge is 2.17. The number of rotatable bonds is 4. The topological polar surface area (TPSA) is 107 Å². The van der Waals surface area contributed by atoms with Crippen LogP contribution >= 0.6 is 11.3 Å². The minimum atomic E-state index is -0.418. The number of nitrogens with two attached hydrogens (primary N) is 1. The van der Waals surface area contributed by atoms with E-state index in [9.17, 15) is 4.79 Å². The van der Waals surface area contributed by atoms with E-state index in [1.54, 1.807) is 5.38 Å². The fourth-order valence-electron chi connectivity index (χ4n) is 1.04. The van der Waals surface area contributed by atoms with Crippen LogP contribution in [0.5, 0.6) is 0 Å². The quantitative estimate of drug-likeness (QED) is 0.744. The zero-order valence-electron chi connectivity index (χ0n) is 8.38. The van der Waals surface area contributed by atoms with Gasteiger partial charge in [-0.3, -0.25) is 4.79 Å². The summed E-state index contributed by atoms with van der Waals surface area (Å²) in [6.45, 7) is 0.0260. The number of amides is 1. The van der Waals surface area contributed by atoms with Crippen molar-refractivity contribution in [1.82, 2.24) is 9.88 Å². The molecule has 0 spiro atoms. The van der Waals surface area contributed by atoms with E-state index in [-0.39, 0.29) is 25.3 Å². The molecule has 1 aromatic heterocycles. The maximum atomic E-state index is 11.8. The minimum Gasteiger partial charge on any atom is -0.325 e. The fourth-order valence-corrected chi connectivity index (χ4v) is 1.68. The van der Waals surface area contributed by atoms with Crippen LogP contribution in [0.25, 0.3) is 0 Å². The molecule has 0 bridgehead atoms. The van der Waals surface area contributed by atoms with Gasteiger partial charge in [0.25, 0.3) is 5.91 Å². The Morgan fingerprint density at radius 2 is 2.12 bits per heavy atom. The number of hydrogen-bond acceptors (Lipinski definition) is 6. The van der Waals surface area contributed by atoms with Crippen LogP contribution in [-0.2, 0) is 6.54 Å². The van der Waals surface area contributed by atoms with Crippen molar-refractivity contribution in [2.45, 2.75) is 6.54 Å². The molecule has 0 unspecified atom stereocenters. The van der Waals surface area contributed by atoms with E-state index in [1.807, 2.05) is 12.1 Å². The van der Waals surface area contributed by atoms with Gasteiger partial charge in [0.1, 0.15) is 23.8 Å². The first-order valence-electron chi connectivity index (χ1n) is 4.40. The number of aromatic nitrogens is 1. The molecular formula is C9H9N5OS.